The zero-order valence-electron chi connectivity index (χ0n) is 13.4. The summed E-state index contributed by atoms with van der Waals surface area (Å²) in [5.74, 6) is 0. The summed E-state index contributed by atoms with van der Waals surface area (Å²) in [6.45, 7) is 6.68. The van der Waals surface area contributed by atoms with E-state index in [0.717, 1.165) is 44.1 Å². The molecule has 0 aromatic carbocycles. The molecule has 3 heterocycles. The van der Waals surface area contributed by atoms with Crippen molar-refractivity contribution in [3.63, 3.8) is 0 Å². The molecule has 0 aliphatic carbocycles. The van der Waals surface area contributed by atoms with Gasteiger partial charge in [0.2, 0.25) is 0 Å². The third-order valence-electron chi connectivity index (χ3n) is 4.24. The van der Waals surface area contributed by atoms with E-state index >= 15 is 0 Å². The second-order valence-electron chi connectivity index (χ2n) is 5.84. The van der Waals surface area contributed by atoms with Gasteiger partial charge >= 0.3 is 0 Å². The fourth-order valence-corrected chi connectivity index (χ4v) is 2.74. The van der Waals surface area contributed by atoms with Crippen LogP contribution in [0.4, 0.5) is 5.69 Å². The van der Waals surface area contributed by atoms with Gasteiger partial charge in [-0.05, 0) is 13.0 Å². The lowest BCUT2D eigenvalue weighted by molar-refractivity contribution is 0.246. The number of anilines is 1. The molecule has 0 spiro atoms. The highest BCUT2D eigenvalue weighted by molar-refractivity contribution is 5.43. The van der Waals surface area contributed by atoms with Gasteiger partial charge in [0.15, 0.2) is 0 Å². The summed E-state index contributed by atoms with van der Waals surface area (Å²) in [4.78, 5) is 16.3. The zero-order chi connectivity index (χ0) is 15.7. The normalized spacial score (nSPS) is 16.2. The molecule has 0 amide bonds. The zero-order valence-corrected chi connectivity index (χ0v) is 13.4. The number of nitrogens with zero attached hydrogens (tertiary/aromatic N) is 6. The lowest BCUT2D eigenvalue weighted by Gasteiger charge is -2.35. The third kappa shape index (κ3) is 3.04. The van der Waals surface area contributed by atoms with Crippen LogP contribution in [0.5, 0.6) is 0 Å². The van der Waals surface area contributed by atoms with Crippen molar-refractivity contribution < 1.29 is 0 Å². The van der Waals surface area contributed by atoms with Gasteiger partial charge in [0.25, 0.3) is 5.56 Å². The SMILES string of the molecule is Cc1cc(CN2CCN(c3cnn(C)c(=O)c3)CC2)nn1C. The van der Waals surface area contributed by atoms with Crippen molar-refractivity contribution >= 4 is 5.69 Å². The number of aryl methyl sites for hydroxylation is 3. The number of hydrogen-bond donors (Lipinski definition) is 0. The predicted molar refractivity (Wildman–Crippen MR) is 84.9 cm³/mol. The third-order valence-corrected chi connectivity index (χ3v) is 4.24. The van der Waals surface area contributed by atoms with Crippen LogP contribution in [0.2, 0.25) is 0 Å². The number of hydrogen-bond acceptors (Lipinski definition) is 5. The molecule has 22 heavy (non-hydrogen) atoms. The van der Waals surface area contributed by atoms with Crippen LogP contribution in [0.25, 0.3) is 0 Å². The van der Waals surface area contributed by atoms with E-state index in [1.165, 1.54) is 10.4 Å². The summed E-state index contributed by atoms with van der Waals surface area (Å²) < 4.78 is 3.26. The van der Waals surface area contributed by atoms with Crippen molar-refractivity contribution in [1.29, 1.82) is 0 Å². The first-order valence-electron chi connectivity index (χ1n) is 7.53. The Morgan fingerprint density at radius 1 is 1.09 bits per heavy atom. The first kappa shape index (κ1) is 14.8. The van der Waals surface area contributed by atoms with Crippen LogP contribution in [0, 0.1) is 6.92 Å². The molecule has 0 saturated carbocycles. The summed E-state index contributed by atoms with van der Waals surface area (Å²) in [6, 6.07) is 3.79. The van der Waals surface area contributed by atoms with Gasteiger partial charge in [0.1, 0.15) is 0 Å². The summed E-state index contributed by atoms with van der Waals surface area (Å²) in [5.41, 5.74) is 3.14. The molecule has 2 aromatic heterocycles. The van der Waals surface area contributed by atoms with E-state index in [4.69, 9.17) is 0 Å². The molecule has 2 aromatic rings. The minimum absolute atomic E-state index is 0.0658. The van der Waals surface area contributed by atoms with Crippen LogP contribution in [-0.2, 0) is 20.6 Å². The topological polar surface area (TPSA) is 59.2 Å². The summed E-state index contributed by atoms with van der Waals surface area (Å²) in [7, 11) is 3.64. The van der Waals surface area contributed by atoms with E-state index in [1.807, 2.05) is 11.7 Å². The van der Waals surface area contributed by atoms with Crippen molar-refractivity contribution in [2.45, 2.75) is 13.5 Å². The van der Waals surface area contributed by atoms with Crippen molar-refractivity contribution in [1.82, 2.24) is 24.5 Å². The van der Waals surface area contributed by atoms with E-state index in [1.54, 1.807) is 19.3 Å². The van der Waals surface area contributed by atoms with E-state index in [-0.39, 0.29) is 5.56 Å². The van der Waals surface area contributed by atoms with Gasteiger partial charge in [0.05, 0.1) is 17.6 Å². The van der Waals surface area contributed by atoms with Crippen LogP contribution in [-0.4, -0.2) is 50.6 Å². The van der Waals surface area contributed by atoms with Crippen LogP contribution in [0.3, 0.4) is 0 Å². The predicted octanol–water partition coefficient (Wildman–Crippen LogP) is 0.144. The van der Waals surface area contributed by atoms with Gasteiger partial charge in [-0.2, -0.15) is 10.2 Å². The smallest absolute Gasteiger partial charge is 0.268 e. The Labute approximate surface area is 129 Å². The molecule has 3 rings (SSSR count). The van der Waals surface area contributed by atoms with Crippen molar-refractivity contribution in [2.75, 3.05) is 31.1 Å². The average molecular weight is 302 g/mol. The molecular weight excluding hydrogens is 280 g/mol. The molecule has 0 radical (unpaired) electrons. The Morgan fingerprint density at radius 3 is 2.41 bits per heavy atom. The molecule has 118 valence electrons. The van der Waals surface area contributed by atoms with Gasteiger partial charge in [-0.3, -0.25) is 14.4 Å². The number of piperazine rings is 1. The van der Waals surface area contributed by atoms with Crippen LogP contribution in [0.1, 0.15) is 11.4 Å². The Balaban J connectivity index is 1.60. The standard InChI is InChI=1S/C15H22N6O/c1-12-8-13(17-18(12)2)11-20-4-6-21(7-5-20)14-9-15(22)19(3)16-10-14/h8-10H,4-7,11H2,1-3H3. The van der Waals surface area contributed by atoms with E-state index < -0.39 is 0 Å². The van der Waals surface area contributed by atoms with Gasteiger partial charge < -0.3 is 4.90 Å². The molecule has 1 aliphatic rings. The summed E-state index contributed by atoms with van der Waals surface area (Å²) in [5, 5.41) is 8.60. The fourth-order valence-electron chi connectivity index (χ4n) is 2.74. The maximum absolute atomic E-state index is 11.7. The van der Waals surface area contributed by atoms with Crippen molar-refractivity contribution in [3.8, 4) is 0 Å². The summed E-state index contributed by atoms with van der Waals surface area (Å²) in [6.07, 6.45) is 1.76. The van der Waals surface area contributed by atoms with E-state index in [0.29, 0.717) is 0 Å². The Hall–Kier alpha value is -2.15. The first-order chi connectivity index (χ1) is 10.5. The lowest BCUT2D eigenvalue weighted by atomic mass is 10.2. The van der Waals surface area contributed by atoms with Gasteiger partial charge in [-0.25, -0.2) is 4.68 Å². The summed E-state index contributed by atoms with van der Waals surface area (Å²) >= 11 is 0. The number of aromatic nitrogens is 4. The molecule has 0 bridgehead atoms. The average Bonchev–Trinajstić information content (AvgIpc) is 2.81. The van der Waals surface area contributed by atoms with E-state index in [2.05, 4.69) is 33.0 Å². The highest BCUT2D eigenvalue weighted by Crippen LogP contribution is 2.14. The van der Waals surface area contributed by atoms with Gasteiger partial charge in [0, 0.05) is 58.6 Å². The highest BCUT2D eigenvalue weighted by atomic mass is 16.1. The van der Waals surface area contributed by atoms with E-state index in [9.17, 15) is 4.79 Å². The lowest BCUT2D eigenvalue weighted by Crippen LogP contribution is -2.46. The minimum Gasteiger partial charge on any atom is -0.368 e. The molecule has 1 saturated heterocycles. The fraction of sp³-hybridized carbons (Fsp3) is 0.533. The molecule has 7 nitrogen and oxygen atoms in total. The Bertz CT molecular complexity index is 692. The molecule has 7 heteroatoms. The highest BCUT2D eigenvalue weighted by Gasteiger charge is 2.19. The second-order valence-corrected chi connectivity index (χ2v) is 5.84. The monoisotopic (exact) mass is 302 g/mol. The van der Waals surface area contributed by atoms with Crippen molar-refractivity contribution in [2.24, 2.45) is 14.1 Å². The molecule has 1 fully saturated rings. The second kappa shape index (κ2) is 5.92. The van der Waals surface area contributed by atoms with Crippen LogP contribution < -0.4 is 10.5 Å². The largest absolute Gasteiger partial charge is 0.368 e. The molecule has 1 aliphatic heterocycles. The number of rotatable bonds is 3. The molecule has 0 unspecified atom stereocenters. The Morgan fingerprint density at radius 2 is 1.82 bits per heavy atom. The molecular formula is C15H22N6O. The minimum atomic E-state index is -0.0658. The van der Waals surface area contributed by atoms with Gasteiger partial charge in [-0.15, -0.1) is 0 Å². The maximum Gasteiger partial charge on any atom is 0.268 e. The molecule has 0 atom stereocenters. The van der Waals surface area contributed by atoms with Gasteiger partial charge in [-0.1, -0.05) is 0 Å². The quantitative estimate of drug-likeness (QED) is 0.807. The van der Waals surface area contributed by atoms with Crippen LogP contribution in [0.15, 0.2) is 23.1 Å². The molecule has 0 N–H and O–H groups in total. The first-order valence-corrected chi connectivity index (χ1v) is 7.53. The Kier molecular flexibility index (Phi) is 3.98. The maximum atomic E-state index is 11.7. The van der Waals surface area contributed by atoms with Crippen molar-refractivity contribution in [3.05, 3.63) is 40.1 Å². The van der Waals surface area contributed by atoms with Crippen LogP contribution >= 0.6 is 0 Å².